The minimum absolute atomic E-state index is 0.0325. The zero-order valence-corrected chi connectivity index (χ0v) is 19.2. The number of nitro benzene ring substituents is 1. The molecule has 4 rings (SSSR count). The third-order valence-electron chi connectivity index (χ3n) is 5.10. The van der Waals surface area contributed by atoms with Crippen LogP contribution in [-0.2, 0) is 17.8 Å². The molecule has 0 radical (unpaired) electrons. The highest BCUT2D eigenvalue weighted by atomic mass is 32.2. The Kier molecular flexibility index (Phi) is 7.28. The van der Waals surface area contributed by atoms with Crippen LogP contribution in [0.3, 0.4) is 0 Å². The number of hydrogen-bond donors (Lipinski definition) is 1. The van der Waals surface area contributed by atoms with Crippen molar-refractivity contribution in [1.29, 1.82) is 0 Å². The van der Waals surface area contributed by atoms with Gasteiger partial charge in [0.05, 0.1) is 10.2 Å². The van der Waals surface area contributed by atoms with E-state index in [9.17, 15) is 14.9 Å². The fraction of sp³-hybridized carbons (Fsp3) is 0.167. The number of aryl methyl sites for hydroxylation is 1. The van der Waals surface area contributed by atoms with Crippen molar-refractivity contribution in [3.8, 4) is 11.4 Å². The molecular formula is C24H22N6O3S. The SMILES string of the molecule is C[C@H](Sc1nnc(-c2cccnc2)n1CCc1ccccc1)C(=O)Nc1ccc([N+](=O)[O-])cc1. The van der Waals surface area contributed by atoms with E-state index in [1.165, 1.54) is 41.6 Å². The molecule has 2 aromatic heterocycles. The van der Waals surface area contributed by atoms with Gasteiger partial charge in [0.1, 0.15) is 0 Å². The Balaban J connectivity index is 1.51. The predicted molar refractivity (Wildman–Crippen MR) is 130 cm³/mol. The number of non-ortho nitro benzene ring substituents is 1. The molecule has 9 nitrogen and oxygen atoms in total. The highest BCUT2D eigenvalue weighted by Gasteiger charge is 2.21. The Morgan fingerprint density at radius 3 is 2.53 bits per heavy atom. The third-order valence-corrected chi connectivity index (χ3v) is 6.18. The van der Waals surface area contributed by atoms with E-state index in [1.54, 1.807) is 19.3 Å². The Morgan fingerprint density at radius 2 is 1.85 bits per heavy atom. The van der Waals surface area contributed by atoms with Crippen LogP contribution in [0.5, 0.6) is 0 Å². The maximum atomic E-state index is 12.8. The molecule has 1 N–H and O–H groups in total. The first-order valence-electron chi connectivity index (χ1n) is 10.6. The lowest BCUT2D eigenvalue weighted by atomic mass is 10.1. The van der Waals surface area contributed by atoms with E-state index < -0.39 is 10.2 Å². The molecule has 0 spiro atoms. The molecule has 2 aromatic carbocycles. The van der Waals surface area contributed by atoms with E-state index in [2.05, 4.69) is 32.6 Å². The van der Waals surface area contributed by atoms with Gasteiger partial charge in [-0.05, 0) is 43.2 Å². The standard InChI is InChI=1S/C24H22N6O3S/c1-17(23(31)26-20-9-11-21(12-10-20)30(32)33)34-24-28-27-22(19-8-5-14-25-16-19)29(24)15-13-18-6-3-2-4-7-18/h2-12,14,16-17H,13,15H2,1H3,(H,26,31)/t17-/m0/s1. The summed E-state index contributed by atoms with van der Waals surface area (Å²) >= 11 is 1.30. The van der Waals surface area contributed by atoms with E-state index >= 15 is 0 Å². The highest BCUT2D eigenvalue weighted by molar-refractivity contribution is 8.00. The second kappa shape index (κ2) is 10.7. The van der Waals surface area contributed by atoms with Gasteiger partial charge < -0.3 is 9.88 Å². The summed E-state index contributed by atoms with van der Waals surface area (Å²) in [6.45, 7) is 2.42. The van der Waals surface area contributed by atoms with E-state index in [-0.39, 0.29) is 11.6 Å². The van der Waals surface area contributed by atoms with Crippen LogP contribution in [0, 0.1) is 10.1 Å². The molecule has 0 saturated heterocycles. The van der Waals surface area contributed by atoms with Gasteiger partial charge in [-0.1, -0.05) is 42.1 Å². The first-order valence-corrected chi connectivity index (χ1v) is 11.5. The van der Waals surface area contributed by atoms with Gasteiger partial charge >= 0.3 is 0 Å². The molecule has 4 aromatic rings. The van der Waals surface area contributed by atoms with Gasteiger partial charge in [0, 0.05) is 42.3 Å². The lowest BCUT2D eigenvalue weighted by Gasteiger charge is -2.14. The van der Waals surface area contributed by atoms with Crippen LogP contribution < -0.4 is 5.32 Å². The van der Waals surface area contributed by atoms with Crippen molar-refractivity contribution in [3.05, 3.63) is 94.8 Å². The van der Waals surface area contributed by atoms with Gasteiger partial charge in [0.2, 0.25) is 5.91 Å². The summed E-state index contributed by atoms with van der Waals surface area (Å²) in [6, 6.07) is 19.6. The molecule has 0 unspecified atom stereocenters. The van der Waals surface area contributed by atoms with Gasteiger partial charge in [0.25, 0.3) is 5.69 Å². The number of rotatable bonds is 9. The lowest BCUT2D eigenvalue weighted by Crippen LogP contribution is -2.23. The normalized spacial score (nSPS) is 11.7. The molecule has 10 heteroatoms. The molecule has 2 heterocycles. The van der Waals surface area contributed by atoms with Crippen molar-refractivity contribution in [2.24, 2.45) is 0 Å². The van der Waals surface area contributed by atoms with Gasteiger partial charge in [-0.2, -0.15) is 0 Å². The van der Waals surface area contributed by atoms with Gasteiger partial charge in [-0.3, -0.25) is 19.9 Å². The topological polar surface area (TPSA) is 116 Å². The molecule has 0 bridgehead atoms. The minimum atomic E-state index is -0.480. The number of aromatic nitrogens is 4. The molecular weight excluding hydrogens is 452 g/mol. The number of carbonyl (C=O) groups excluding carboxylic acids is 1. The number of amides is 1. The first kappa shape index (κ1) is 23.1. The second-order valence-corrected chi connectivity index (χ2v) is 8.80. The summed E-state index contributed by atoms with van der Waals surface area (Å²) in [6.07, 6.45) is 4.22. The van der Waals surface area contributed by atoms with Crippen LogP contribution in [0.25, 0.3) is 11.4 Å². The van der Waals surface area contributed by atoms with Crippen LogP contribution in [-0.4, -0.2) is 35.8 Å². The van der Waals surface area contributed by atoms with E-state index in [1.807, 2.05) is 34.9 Å². The number of nitro groups is 1. The molecule has 1 atom stereocenters. The van der Waals surface area contributed by atoms with Crippen LogP contribution in [0.1, 0.15) is 12.5 Å². The van der Waals surface area contributed by atoms with Gasteiger partial charge in [-0.25, -0.2) is 0 Å². The quantitative estimate of drug-likeness (QED) is 0.214. The molecule has 0 fully saturated rings. The molecule has 0 aliphatic carbocycles. The van der Waals surface area contributed by atoms with Crippen LogP contribution in [0.15, 0.2) is 84.3 Å². The zero-order chi connectivity index (χ0) is 23.9. The Hall–Kier alpha value is -4.05. The molecule has 1 amide bonds. The van der Waals surface area contributed by atoms with Crippen LogP contribution >= 0.6 is 11.8 Å². The van der Waals surface area contributed by atoms with Gasteiger partial charge in [0.15, 0.2) is 11.0 Å². The molecule has 0 aliphatic heterocycles. The number of pyridine rings is 1. The smallest absolute Gasteiger partial charge is 0.269 e. The largest absolute Gasteiger partial charge is 0.325 e. The van der Waals surface area contributed by atoms with Crippen molar-refractivity contribution in [1.82, 2.24) is 19.7 Å². The number of carbonyl (C=O) groups is 1. The fourth-order valence-electron chi connectivity index (χ4n) is 3.29. The number of hydrogen-bond acceptors (Lipinski definition) is 7. The average molecular weight is 475 g/mol. The predicted octanol–water partition coefficient (Wildman–Crippen LogP) is 4.61. The van der Waals surface area contributed by atoms with Crippen molar-refractivity contribution in [2.45, 2.75) is 30.3 Å². The van der Waals surface area contributed by atoms with Gasteiger partial charge in [-0.15, -0.1) is 10.2 Å². The van der Waals surface area contributed by atoms with Crippen LogP contribution in [0.2, 0.25) is 0 Å². The summed E-state index contributed by atoms with van der Waals surface area (Å²) in [5, 5.41) is 22.5. The van der Waals surface area contributed by atoms with E-state index in [4.69, 9.17) is 0 Å². The summed E-state index contributed by atoms with van der Waals surface area (Å²) in [4.78, 5) is 27.3. The molecule has 0 aliphatic rings. The summed E-state index contributed by atoms with van der Waals surface area (Å²) in [5.41, 5.74) is 2.49. The fourth-order valence-corrected chi connectivity index (χ4v) is 4.17. The Morgan fingerprint density at radius 1 is 1.09 bits per heavy atom. The van der Waals surface area contributed by atoms with Crippen LogP contribution in [0.4, 0.5) is 11.4 Å². The number of benzene rings is 2. The summed E-state index contributed by atoms with van der Waals surface area (Å²) in [7, 11) is 0. The summed E-state index contributed by atoms with van der Waals surface area (Å²) in [5.74, 6) is 0.453. The Labute approximate surface area is 200 Å². The zero-order valence-electron chi connectivity index (χ0n) is 18.4. The number of anilines is 1. The van der Waals surface area contributed by atoms with Crippen molar-refractivity contribution >= 4 is 29.0 Å². The highest BCUT2D eigenvalue weighted by Crippen LogP contribution is 2.28. The first-order chi connectivity index (χ1) is 16.5. The molecule has 34 heavy (non-hydrogen) atoms. The maximum Gasteiger partial charge on any atom is 0.269 e. The maximum absolute atomic E-state index is 12.8. The molecule has 172 valence electrons. The van der Waals surface area contributed by atoms with Crippen molar-refractivity contribution < 1.29 is 9.72 Å². The molecule has 0 saturated carbocycles. The van der Waals surface area contributed by atoms with Crippen molar-refractivity contribution in [3.63, 3.8) is 0 Å². The van der Waals surface area contributed by atoms with E-state index in [0.29, 0.717) is 23.2 Å². The van der Waals surface area contributed by atoms with Crippen molar-refractivity contribution in [2.75, 3.05) is 5.32 Å². The van der Waals surface area contributed by atoms with E-state index in [0.717, 1.165) is 12.0 Å². The second-order valence-electron chi connectivity index (χ2n) is 7.49. The summed E-state index contributed by atoms with van der Waals surface area (Å²) < 4.78 is 2.00. The number of thioether (sulfide) groups is 1. The number of nitrogens with zero attached hydrogens (tertiary/aromatic N) is 5. The minimum Gasteiger partial charge on any atom is -0.325 e. The monoisotopic (exact) mass is 474 g/mol. The third kappa shape index (κ3) is 5.65. The average Bonchev–Trinajstić information content (AvgIpc) is 3.26. The number of nitrogens with one attached hydrogen (secondary N) is 1. The lowest BCUT2D eigenvalue weighted by molar-refractivity contribution is -0.384. The Bertz CT molecular complexity index is 1260.